The van der Waals surface area contributed by atoms with Gasteiger partial charge >= 0.3 is 0 Å². The highest BCUT2D eigenvalue weighted by atomic mass is 127. The third kappa shape index (κ3) is 5.85. The van der Waals surface area contributed by atoms with E-state index in [0.717, 1.165) is 61.5 Å². The Balaban J connectivity index is 0.00000225. The number of fused-ring (bicyclic) bond motifs is 1. The molecule has 138 valence electrons. The molecule has 1 fully saturated rings. The Hall–Kier alpha value is -1.35. The third-order valence-corrected chi connectivity index (χ3v) is 4.44. The van der Waals surface area contributed by atoms with Crippen LogP contribution in [0.3, 0.4) is 0 Å². The Labute approximate surface area is 165 Å². The first-order valence-electron chi connectivity index (χ1n) is 8.91. The van der Waals surface area contributed by atoms with E-state index in [1.807, 2.05) is 24.3 Å². The van der Waals surface area contributed by atoms with Crippen LogP contribution in [-0.4, -0.2) is 46.3 Å². The lowest BCUT2D eigenvalue weighted by atomic mass is 9.93. The van der Waals surface area contributed by atoms with Gasteiger partial charge in [-0.25, -0.2) is 4.98 Å². The standard InChI is InChI=1S/C18H27N5O.HI/c1-2-19-18(21-13-7-9-14(24)10-8-13)20-12-11-17-22-15-5-3-4-6-16(15)23-17;/h3-6,13-14,24H,2,7-12H2,1H3,(H,22,23)(H2,19,20,21);1H. The molecule has 0 atom stereocenters. The molecule has 1 aromatic heterocycles. The molecule has 0 bridgehead atoms. The SMILES string of the molecule is CCNC(=NCCc1nc2ccccc2[nH]1)NC1CCC(O)CC1.I. The molecule has 25 heavy (non-hydrogen) atoms. The van der Waals surface area contributed by atoms with Gasteiger partial charge in [0.25, 0.3) is 0 Å². The molecule has 0 spiro atoms. The number of benzene rings is 1. The first-order valence-corrected chi connectivity index (χ1v) is 8.91. The molecular weight excluding hydrogens is 429 g/mol. The number of aliphatic hydroxyl groups excluding tert-OH is 1. The summed E-state index contributed by atoms with van der Waals surface area (Å²) in [6, 6.07) is 8.47. The minimum Gasteiger partial charge on any atom is -0.393 e. The number of aliphatic imine (C=N–C) groups is 1. The monoisotopic (exact) mass is 457 g/mol. The number of hydrogen-bond donors (Lipinski definition) is 4. The molecule has 0 unspecified atom stereocenters. The largest absolute Gasteiger partial charge is 0.393 e. The second kappa shape index (κ2) is 9.96. The van der Waals surface area contributed by atoms with Crippen molar-refractivity contribution in [2.75, 3.05) is 13.1 Å². The summed E-state index contributed by atoms with van der Waals surface area (Å²) in [7, 11) is 0. The Kier molecular flexibility index (Phi) is 7.95. The van der Waals surface area contributed by atoms with E-state index in [-0.39, 0.29) is 30.1 Å². The number of halogens is 1. The number of hydrogen-bond acceptors (Lipinski definition) is 3. The van der Waals surface area contributed by atoms with Crippen molar-refractivity contribution in [1.29, 1.82) is 0 Å². The predicted molar refractivity (Wildman–Crippen MR) is 113 cm³/mol. The minimum absolute atomic E-state index is 0. The summed E-state index contributed by atoms with van der Waals surface area (Å²) in [5, 5.41) is 16.4. The molecule has 3 rings (SSSR count). The molecule has 1 aromatic carbocycles. The topological polar surface area (TPSA) is 85.3 Å². The molecule has 0 radical (unpaired) electrons. The summed E-state index contributed by atoms with van der Waals surface area (Å²) < 4.78 is 0. The maximum absolute atomic E-state index is 9.61. The zero-order valence-electron chi connectivity index (χ0n) is 14.7. The van der Waals surface area contributed by atoms with E-state index in [9.17, 15) is 5.11 Å². The average Bonchev–Trinajstić information content (AvgIpc) is 3.00. The fourth-order valence-corrected chi connectivity index (χ4v) is 3.13. The van der Waals surface area contributed by atoms with Crippen molar-refractivity contribution in [2.45, 2.75) is 51.2 Å². The van der Waals surface area contributed by atoms with E-state index >= 15 is 0 Å². The lowest BCUT2D eigenvalue weighted by Gasteiger charge is -2.27. The third-order valence-electron chi connectivity index (χ3n) is 4.44. The van der Waals surface area contributed by atoms with Crippen LogP contribution < -0.4 is 10.6 Å². The van der Waals surface area contributed by atoms with Gasteiger partial charge in [-0.05, 0) is 44.7 Å². The normalized spacial score (nSPS) is 21.0. The summed E-state index contributed by atoms with van der Waals surface area (Å²) >= 11 is 0. The highest BCUT2D eigenvalue weighted by Crippen LogP contribution is 2.18. The van der Waals surface area contributed by atoms with Gasteiger partial charge in [-0.3, -0.25) is 4.99 Å². The molecule has 7 heteroatoms. The minimum atomic E-state index is -0.129. The summed E-state index contributed by atoms with van der Waals surface area (Å²) in [5.41, 5.74) is 2.07. The quantitative estimate of drug-likeness (QED) is 0.316. The first kappa shape index (κ1) is 20.0. The van der Waals surface area contributed by atoms with E-state index < -0.39 is 0 Å². The first-order chi connectivity index (χ1) is 11.7. The summed E-state index contributed by atoms with van der Waals surface area (Å²) in [6.07, 6.45) is 4.39. The van der Waals surface area contributed by atoms with E-state index in [1.54, 1.807) is 0 Å². The van der Waals surface area contributed by atoms with Crippen molar-refractivity contribution in [3.8, 4) is 0 Å². The number of imidazole rings is 1. The lowest BCUT2D eigenvalue weighted by molar-refractivity contribution is 0.120. The van der Waals surface area contributed by atoms with Crippen molar-refractivity contribution in [2.24, 2.45) is 4.99 Å². The summed E-state index contributed by atoms with van der Waals surface area (Å²) in [4.78, 5) is 12.6. The molecule has 1 saturated carbocycles. The van der Waals surface area contributed by atoms with Gasteiger partial charge in [-0.15, -0.1) is 24.0 Å². The maximum atomic E-state index is 9.61. The Morgan fingerprint density at radius 1 is 1.28 bits per heavy atom. The van der Waals surface area contributed by atoms with Crippen LogP contribution in [-0.2, 0) is 6.42 Å². The van der Waals surface area contributed by atoms with Gasteiger partial charge in [0.2, 0.25) is 0 Å². The Bertz CT molecular complexity index is 646. The van der Waals surface area contributed by atoms with Crippen LogP contribution in [0.15, 0.2) is 29.3 Å². The van der Waals surface area contributed by atoms with Crippen molar-refractivity contribution >= 4 is 41.0 Å². The fraction of sp³-hybridized carbons (Fsp3) is 0.556. The smallest absolute Gasteiger partial charge is 0.191 e. The van der Waals surface area contributed by atoms with Crippen LogP contribution in [0.25, 0.3) is 11.0 Å². The average molecular weight is 457 g/mol. The summed E-state index contributed by atoms with van der Waals surface area (Å²) in [6.45, 7) is 3.59. The Morgan fingerprint density at radius 3 is 2.76 bits per heavy atom. The molecule has 1 aliphatic carbocycles. The molecular formula is C18H28IN5O. The number of nitrogens with zero attached hydrogens (tertiary/aromatic N) is 2. The van der Waals surface area contributed by atoms with Crippen molar-refractivity contribution in [3.63, 3.8) is 0 Å². The van der Waals surface area contributed by atoms with Crippen LogP contribution in [0, 0.1) is 0 Å². The molecule has 6 nitrogen and oxygen atoms in total. The molecule has 1 heterocycles. The molecule has 1 aliphatic rings. The van der Waals surface area contributed by atoms with Gasteiger partial charge in [-0.2, -0.15) is 0 Å². The van der Waals surface area contributed by atoms with E-state index in [0.29, 0.717) is 12.6 Å². The number of aromatic amines is 1. The maximum Gasteiger partial charge on any atom is 0.191 e. The number of H-pyrrole nitrogens is 1. The highest BCUT2D eigenvalue weighted by molar-refractivity contribution is 14.0. The second-order valence-electron chi connectivity index (χ2n) is 6.36. The van der Waals surface area contributed by atoms with E-state index in [2.05, 4.69) is 32.5 Å². The number of rotatable bonds is 5. The van der Waals surface area contributed by atoms with Gasteiger partial charge in [0.1, 0.15) is 5.82 Å². The number of nitrogens with one attached hydrogen (secondary N) is 3. The Morgan fingerprint density at radius 2 is 2.04 bits per heavy atom. The highest BCUT2D eigenvalue weighted by Gasteiger charge is 2.19. The van der Waals surface area contributed by atoms with E-state index in [1.165, 1.54) is 0 Å². The van der Waals surface area contributed by atoms with Crippen LogP contribution in [0.2, 0.25) is 0 Å². The van der Waals surface area contributed by atoms with Crippen molar-refractivity contribution < 1.29 is 5.11 Å². The number of aromatic nitrogens is 2. The van der Waals surface area contributed by atoms with Gasteiger partial charge in [0, 0.05) is 25.6 Å². The zero-order valence-corrected chi connectivity index (χ0v) is 17.0. The zero-order chi connectivity index (χ0) is 16.8. The number of guanidine groups is 1. The number of aliphatic hydroxyl groups is 1. The summed E-state index contributed by atoms with van der Waals surface area (Å²) in [5.74, 6) is 1.83. The van der Waals surface area contributed by atoms with Crippen LogP contribution in [0.1, 0.15) is 38.4 Å². The van der Waals surface area contributed by atoms with Crippen molar-refractivity contribution in [1.82, 2.24) is 20.6 Å². The molecule has 0 aliphatic heterocycles. The van der Waals surface area contributed by atoms with Crippen LogP contribution in [0.5, 0.6) is 0 Å². The number of para-hydroxylation sites is 2. The lowest BCUT2D eigenvalue weighted by Crippen LogP contribution is -2.45. The van der Waals surface area contributed by atoms with E-state index in [4.69, 9.17) is 0 Å². The van der Waals surface area contributed by atoms with Crippen molar-refractivity contribution in [3.05, 3.63) is 30.1 Å². The van der Waals surface area contributed by atoms with Gasteiger partial charge < -0.3 is 20.7 Å². The fourth-order valence-electron chi connectivity index (χ4n) is 3.13. The van der Waals surface area contributed by atoms with Crippen LogP contribution in [0.4, 0.5) is 0 Å². The molecule has 2 aromatic rings. The molecule has 0 saturated heterocycles. The predicted octanol–water partition coefficient (Wildman–Crippen LogP) is 2.58. The van der Waals surface area contributed by atoms with Gasteiger partial charge in [-0.1, -0.05) is 12.1 Å². The molecule has 4 N–H and O–H groups in total. The van der Waals surface area contributed by atoms with Crippen LogP contribution >= 0.6 is 24.0 Å². The second-order valence-corrected chi connectivity index (χ2v) is 6.36. The van der Waals surface area contributed by atoms with Gasteiger partial charge in [0.15, 0.2) is 5.96 Å². The molecule has 0 amide bonds. The van der Waals surface area contributed by atoms with Gasteiger partial charge in [0.05, 0.1) is 17.1 Å².